The second-order valence-corrected chi connectivity index (χ2v) is 6.61. The van der Waals surface area contributed by atoms with E-state index in [1.807, 2.05) is 0 Å². The van der Waals surface area contributed by atoms with Crippen LogP contribution < -0.4 is 0 Å². The number of ether oxygens (including phenoxy) is 10. The molecule has 0 aliphatic carbocycles. The molecule has 8 atom stereocenters. The fourth-order valence-electron chi connectivity index (χ4n) is 3.54. The molecule has 1 saturated heterocycles. The first-order chi connectivity index (χ1) is 14.5. The molecule has 0 amide bonds. The van der Waals surface area contributed by atoms with Gasteiger partial charge in [0, 0.05) is 49.8 Å². The first-order valence-electron chi connectivity index (χ1n) is 9.48. The van der Waals surface area contributed by atoms with Crippen LogP contribution in [0.1, 0.15) is 0 Å². The van der Waals surface area contributed by atoms with Crippen LogP contribution in [0, 0.1) is 0 Å². The lowest BCUT2D eigenvalue weighted by Gasteiger charge is -2.46. The number of hydrogen-bond donors (Lipinski definition) is 0. The summed E-state index contributed by atoms with van der Waals surface area (Å²) in [6, 6.07) is 0. The van der Waals surface area contributed by atoms with Crippen molar-refractivity contribution in [1.82, 2.24) is 0 Å². The fraction of sp³-hybridized carbons (Fsp3) is 0.947. The number of methoxy groups -OCH3 is 8. The number of carbonyl (C=O) groups excluding carboxylic acids is 1. The predicted octanol–water partition coefficient (Wildman–Crippen LogP) is -0.363. The average molecular weight is 440 g/mol. The van der Waals surface area contributed by atoms with E-state index in [1.165, 1.54) is 35.5 Å². The molecule has 1 rings (SSSR count). The van der Waals surface area contributed by atoms with Crippen LogP contribution in [-0.4, -0.2) is 125 Å². The van der Waals surface area contributed by atoms with E-state index in [0.717, 1.165) is 0 Å². The minimum Gasteiger partial charge on any atom is -0.467 e. The zero-order valence-electron chi connectivity index (χ0n) is 19.0. The minimum absolute atomic E-state index is 0.137. The van der Waals surface area contributed by atoms with Crippen molar-refractivity contribution in [3.63, 3.8) is 0 Å². The van der Waals surface area contributed by atoms with E-state index in [-0.39, 0.29) is 13.2 Å². The molecule has 178 valence electrons. The molecule has 11 nitrogen and oxygen atoms in total. The number of hydrogen-bond acceptors (Lipinski definition) is 11. The van der Waals surface area contributed by atoms with Crippen molar-refractivity contribution in [1.29, 1.82) is 0 Å². The van der Waals surface area contributed by atoms with Gasteiger partial charge in [-0.05, 0) is 0 Å². The van der Waals surface area contributed by atoms with Crippen molar-refractivity contribution in [3.05, 3.63) is 0 Å². The maximum absolute atomic E-state index is 12.3. The summed E-state index contributed by atoms with van der Waals surface area (Å²) in [6.45, 7) is 0.369. The van der Waals surface area contributed by atoms with E-state index in [9.17, 15) is 4.79 Å². The van der Waals surface area contributed by atoms with Gasteiger partial charge in [0.1, 0.15) is 36.6 Å². The molecule has 1 aliphatic rings. The molecular formula is C19H36O11. The minimum atomic E-state index is -1.10. The Hall–Kier alpha value is -0.890. The predicted molar refractivity (Wildman–Crippen MR) is 103 cm³/mol. The van der Waals surface area contributed by atoms with Crippen LogP contribution in [0.5, 0.6) is 0 Å². The molecule has 0 N–H and O–H groups in total. The highest BCUT2D eigenvalue weighted by molar-refractivity contribution is 5.75. The second-order valence-electron chi connectivity index (χ2n) is 6.61. The first-order valence-corrected chi connectivity index (χ1v) is 9.48. The van der Waals surface area contributed by atoms with Crippen molar-refractivity contribution >= 4 is 5.97 Å². The molecular weight excluding hydrogens is 404 g/mol. The third-order valence-electron chi connectivity index (χ3n) is 5.02. The summed E-state index contributed by atoms with van der Waals surface area (Å²) >= 11 is 0. The molecule has 8 unspecified atom stereocenters. The largest absolute Gasteiger partial charge is 0.467 e. The van der Waals surface area contributed by atoms with Crippen molar-refractivity contribution in [2.24, 2.45) is 0 Å². The molecule has 0 spiro atoms. The maximum atomic E-state index is 12.3. The topological polar surface area (TPSA) is 109 Å². The van der Waals surface area contributed by atoms with E-state index in [2.05, 4.69) is 0 Å². The van der Waals surface area contributed by atoms with Gasteiger partial charge in [-0.15, -0.1) is 0 Å². The molecule has 0 aromatic rings. The van der Waals surface area contributed by atoms with E-state index in [1.54, 1.807) is 21.3 Å². The number of esters is 1. The summed E-state index contributed by atoms with van der Waals surface area (Å²) in [5.41, 5.74) is 0. The Labute approximate surface area is 178 Å². The molecule has 1 heterocycles. The smallest absolute Gasteiger partial charge is 0.337 e. The third-order valence-corrected chi connectivity index (χ3v) is 5.02. The van der Waals surface area contributed by atoms with Gasteiger partial charge in [0.2, 0.25) is 0 Å². The maximum Gasteiger partial charge on any atom is 0.337 e. The van der Waals surface area contributed by atoms with Crippen LogP contribution in [-0.2, 0) is 52.2 Å². The molecule has 0 aromatic carbocycles. The molecule has 30 heavy (non-hydrogen) atoms. The molecule has 0 bridgehead atoms. The first kappa shape index (κ1) is 27.1. The monoisotopic (exact) mass is 440 g/mol. The van der Waals surface area contributed by atoms with E-state index in [0.29, 0.717) is 0 Å². The zero-order chi connectivity index (χ0) is 22.7. The quantitative estimate of drug-likeness (QED) is 0.330. The van der Waals surface area contributed by atoms with Gasteiger partial charge >= 0.3 is 5.97 Å². The van der Waals surface area contributed by atoms with Crippen LogP contribution >= 0.6 is 0 Å². The van der Waals surface area contributed by atoms with Gasteiger partial charge in [-0.3, -0.25) is 0 Å². The molecule has 1 aliphatic heterocycles. The van der Waals surface area contributed by atoms with Gasteiger partial charge in [0.15, 0.2) is 12.4 Å². The molecule has 11 heteroatoms. The van der Waals surface area contributed by atoms with Crippen LogP contribution in [0.4, 0.5) is 0 Å². The van der Waals surface area contributed by atoms with Crippen LogP contribution in [0.15, 0.2) is 0 Å². The third kappa shape index (κ3) is 6.55. The Morgan fingerprint density at radius 2 is 1.47 bits per heavy atom. The van der Waals surface area contributed by atoms with Crippen molar-refractivity contribution in [2.75, 3.05) is 70.1 Å². The van der Waals surface area contributed by atoms with E-state index < -0.39 is 55.0 Å². The van der Waals surface area contributed by atoms with Crippen LogP contribution in [0.3, 0.4) is 0 Å². The molecule has 1 fully saturated rings. The van der Waals surface area contributed by atoms with Gasteiger partial charge < -0.3 is 47.4 Å². The molecule has 0 saturated carbocycles. The normalized spacial score (nSPS) is 29.9. The highest BCUT2D eigenvalue weighted by Gasteiger charge is 2.50. The zero-order valence-corrected chi connectivity index (χ0v) is 19.0. The van der Waals surface area contributed by atoms with Gasteiger partial charge in [0.05, 0.1) is 20.3 Å². The van der Waals surface area contributed by atoms with Gasteiger partial charge in [0.25, 0.3) is 0 Å². The Balaban J connectivity index is 3.26. The summed E-state index contributed by atoms with van der Waals surface area (Å²) in [5, 5.41) is 0. The fourth-order valence-corrected chi connectivity index (χ4v) is 3.54. The van der Waals surface area contributed by atoms with Crippen LogP contribution in [0.25, 0.3) is 0 Å². The summed E-state index contributed by atoms with van der Waals surface area (Å²) in [5.74, 6) is -0.628. The number of carbonyl (C=O) groups is 1. The van der Waals surface area contributed by atoms with Gasteiger partial charge in [-0.2, -0.15) is 0 Å². The Bertz CT molecular complexity index is 477. The molecule has 0 aromatic heterocycles. The highest BCUT2D eigenvalue weighted by Crippen LogP contribution is 2.30. The summed E-state index contributed by atoms with van der Waals surface area (Å²) in [6.07, 6.45) is -5.82. The summed E-state index contributed by atoms with van der Waals surface area (Å²) in [7, 11) is 11.8. The lowest BCUT2D eigenvalue weighted by atomic mass is 9.98. The number of rotatable bonds is 14. The Morgan fingerprint density at radius 3 is 1.90 bits per heavy atom. The Morgan fingerprint density at radius 1 is 0.833 bits per heavy atom. The highest BCUT2D eigenvalue weighted by atomic mass is 16.7. The van der Waals surface area contributed by atoms with Crippen LogP contribution in [0.2, 0.25) is 0 Å². The van der Waals surface area contributed by atoms with Crippen molar-refractivity contribution < 1.29 is 52.2 Å². The standard InChI is InChI=1S/C19H36O11/c1-21-9-11(23-3)14(16(26-6)18(20)28-8)30-19-17(27-7)15(25-5)13(24-4)12(29-19)10-22-2/h11-17,19H,9-10H2,1-8H3. The van der Waals surface area contributed by atoms with Crippen molar-refractivity contribution in [3.8, 4) is 0 Å². The average Bonchev–Trinajstić information content (AvgIpc) is 2.76. The van der Waals surface area contributed by atoms with Crippen molar-refractivity contribution in [2.45, 2.75) is 49.0 Å². The van der Waals surface area contributed by atoms with Gasteiger partial charge in [-0.25, -0.2) is 4.79 Å². The lowest BCUT2D eigenvalue weighted by Crippen LogP contribution is -2.63. The SMILES string of the molecule is COCC(OC)C(OC1OC(COC)C(OC)C(OC)C1OC)C(OC)C(=O)OC. The second kappa shape index (κ2) is 14.2. The van der Waals surface area contributed by atoms with E-state index >= 15 is 0 Å². The summed E-state index contributed by atoms with van der Waals surface area (Å²) < 4.78 is 55.3. The Kier molecular flexibility index (Phi) is 12.9. The molecule has 0 radical (unpaired) electrons. The summed E-state index contributed by atoms with van der Waals surface area (Å²) in [4.78, 5) is 12.3. The van der Waals surface area contributed by atoms with E-state index in [4.69, 9.17) is 47.4 Å². The lowest BCUT2D eigenvalue weighted by molar-refractivity contribution is -0.334. The van der Waals surface area contributed by atoms with Gasteiger partial charge in [-0.1, -0.05) is 0 Å².